The second-order valence-electron chi connectivity index (χ2n) is 9.22. The highest BCUT2D eigenvalue weighted by atomic mass is 16.2. The highest BCUT2D eigenvalue weighted by molar-refractivity contribution is 6.10. The molecule has 0 spiro atoms. The van der Waals surface area contributed by atoms with E-state index in [0.29, 0.717) is 11.4 Å². The number of rotatable bonds is 6. The van der Waals surface area contributed by atoms with E-state index in [1.807, 2.05) is 146 Å². The van der Waals surface area contributed by atoms with Crippen molar-refractivity contribution in [3.63, 3.8) is 0 Å². The molecule has 0 N–H and O–H groups in total. The molecule has 0 saturated carbocycles. The predicted molar refractivity (Wildman–Crippen MR) is 164 cm³/mol. The first-order chi connectivity index (χ1) is 19.5. The summed E-state index contributed by atoms with van der Waals surface area (Å²) in [4.78, 5) is 34.3. The van der Waals surface area contributed by atoms with Crippen LogP contribution in [0.1, 0.15) is 0 Å². The molecular weight excluding hydrogens is 496 g/mol. The number of amides is 4. The summed E-state index contributed by atoms with van der Waals surface area (Å²) in [6, 6.07) is 45.2. The SMILES string of the molecule is CN(C(=O)N(c1ccccc1)c1ccccc1)c1cccc(N(C)C(=O)N(c2ccccc2)c2ccccc2)c1. The molecule has 0 radical (unpaired) electrons. The van der Waals surface area contributed by atoms with Gasteiger partial charge in [0.2, 0.25) is 0 Å². The lowest BCUT2D eigenvalue weighted by Crippen LogP contribution is -2.39. The van der Waals surface area contributed by atoms with E-state index in [1.54, 1.807) is 33.7 Å². The third kappa shape index (κ3) is 5.56. The molecule has 6 nitrogen and oxygen atoms in total. The fourth-order valence-electron chi connectivity index (χ4n) is 4.48. The van der Waals surface area contributed by atoms with Crippen LogP contribution in [0.2, 0.25) is 0 Å². The van der Waals surface area contributed by atoms with Gasteiger partial charge in [-0.2, -0.15) is 0 Å². The number of hydrogen-bond donors (Lipinski definition) is 0. The highest BCUT2D eigenvalue weighted by Gasteiger charge is 2.25. The second-order valence-corrected chi connectivity index (χ2v) is 9.22. The third-order valence-electron chi connectivity index (χ3n) is 6.62. The van der Waals surface area contributed by atoms with Crippen molar-refractivity contribution in [2.24, 2.45) is 0 Å². The molecular formula is C34H30N4O2. The molecule has 0 unspecified atom stereocenters. The van der Waals surface area contributed by atoms with Gasteiger partial charge >= 0.3 is 12.1 Å². The number of carbonyl (C=O) groups excluding carboxylic acids is 2. The Morgan fingerprint density at radius 2 is 0.625 bits per heavy atom. The molecule has 40 heavy (non-hydrogen) atoms. The summed E-state index contributed by atoms with van der Waals surface area (Å²) in [5.41, 5.74) is 4.35. The molecule has 198 valence electrons. The number of para-hydroxylation sites is 4. The fourth-order valence-corrected chi connectivity index (χ4v) is 4.48. The molecule has 0 heterocycles. The Morgan fingerprint density at radius 3 is 0.900 bits per heavy atom. The first-order valence-corrected chi connectivity index (χ1v) is 13.0. The Hall–Kier alpha value is -5.36. The zero-order valence-electron chi connectivity index (χ0n) is 22.5. The molecule has 0 aliphatic heterocycles. The van der Waals surface area contributed by atoms with E-state index in [4.69, 9.17) is 0 Å². The van der Waals surface area contributed by atoms with Crippen molar-refractivity contribution in [2.45, 2.75) is 0 Å². The standard InChI is InChI=1S/C34H30N4O2/c1-35(33(39)37(27-16-7-3-8-17-27)28-18-9-4-10-19-28)31-24-15-25-32(26-31)36(2)34(40)38(29-20-11-5-12-21-29)30-22-13-6-14-23-30/h3-26H,1-2H3. The summed E-state index contributed by atoms with van der Waals surface area (Å²) < 4.78 is 0. The maximum atomic E-state index is 13.9. The topological polar surface area (TPSA) is 47.1 Å². The summed E-state index contributed by atoms with van der Waals surface area (Å²) >= 11 is 0. The number of urea groups is 2. The van der Waals surface area contributed by atoms with Gasteiger partial charge in [0.25, 0.3) is 0 Å². The van der Waals surface area contributed by atoms with Gasteiger partial charge in [-0.3, -0.25) is 19.6 Å². The van der Waals surface area contributed by atoms with Crippen LogP contribution in [-0.2, 0) is 0 Å². The van der Waals surface area contributed by atoms with E-state index in [2.05, 4.69) is 0 Å². The highest BCUT2D eigenvalue weighted by Crippen LogP contribution is 2.31. The zero-order chi connectivity index (χ0) is 27.9. The van der Waals surface area contributed by atoms with E-state index in [1.165, 1.54) is 0 Å². The minimum atomic E-state index is -0.223. The average Bonchev–Trinajstić information content (AvgIpc) is 3.02. The van der Waals surface area contributed by atoms with Crippen LogP contribution in [0.15, 0.2) is 146 Å². The van der Waals surface area contributed by atoms with Crippen LogP contribution in [0.5, 0.6) is 0 Å². The van der Waals surface area contributed by atoms with Gasteiger partial charge in [0.05, 0.1) is 22.7 Å². The molecule has 0 aliphatic carbocycles. The molecule has 0 fully saturated rings. The van der Waals surface area contributed by atoms with Crippen LogP contribution < -0.4 is 19.6 Å². The Bertz CT molecular complexity index is 1370. The van der Waals surface area contributed by atoms with Crippen molar-refractivity contribution in [2.75, 3.05) is 33.7 Å². The summed E-state index contributed by atoms with van der Waals surface area (Å²) in [6.07, 6.45) is 0. The van der Waals surface area contributed by atoms with Crippen LogP contribution in [0, 0.1) is 0 Å². The molecule has 0 aromatic heterocycles. The first kappa shape index (κ1) is 26.3. The van der Waals surface area contributed by atoms with Gasteiger partial charge < -0.3 is 0 Å². The van der Waals surface area contributed by atoms with Crippen LogP contribution in [0.25, 0.3) is 0 Å². The molecule has 5 aromatic carbocycles. The lowest BCUT2D eigenvalue weighted by molar-refractivity contribution is 0.254. The van der Waals surface area contributed by atoms with Crippen molar-refractivity contribution >= 4 is 46.2 Å². The molecule has 0 bridgehead atoms. The van der Waals surface area contributed by atoms with Gasteiger partial charge in [-0.05, 0) is 66.7 Å². The number of anilines is 6. The smallest absolute Gasteiger partial charge is 0.297 e. The minimum Gasteiger partial charge on any atom is -0.297 e. The van der Waals surface area contributed by atoms with Crippen LogP contribution in [0.4, 0.5) is 43.7 Å². The van der Waals surface area contributed by atoms with Crippen molar-refractivity contribution < 1.29 is 9.59 Å². The van der Waals surface area contributed by atoms with Crippen molar-refractivity contribution in [1.29, 1.82) is 0 Å². The number of benzene rings is 5. The van der Waals surface area contributed by atoms with Gasteiger partial charge in [-0.1, -0.05) is 78.9 Å². The summed E-state index contributed by atoms with van der Waals surface area (Å²) in [6.45, 7) is 0. The number of hydrogen-bond acceptors (Lipinski definition) is 2. The van der Waals surface area contributed by atoms with Crippen LogP contribution >= 0.6 is 0 Å². The molecule has 6 heteroatoms. The van der Waals surface area contributed by atoms with Gasteiger partial charge in [0.1, 0.15) is 0 Å². The Morgan fingerprint density at radius 1 is 0.375 bits per heavy atom. The van der Waals surface area contributed by atoms with Crippen LogP contribution in [-0.4, -0.2) is 26.2 Å². The number of nitrogens with zero attached hydrogens (tertiary/aromatic N) is 4. The Balaban J connectivity index is 1.45. The maximum absolute atomic E-state index is 13.9. The van der Waals surface area contributed by atoms with Gasteiger partial charge in [0, 0.05) is 25.5 Å². The minimum absolute atomic E-state index is 0.223. The van der Waals surface area contributed by atoms with Gasteiger partial charge in [-0.15, -0.1) is 0 Å². The van der Waals surface area contributed by atoms with E-state index >= 15 is 0 Å². The molecule has 0 atom stereocenters. The van der Waals surface area contributed by atoms with Crippen molar-refractivity contribution in [1.82, 2.24) is 0 Å². The van der Waals surface area contributed by atoms with E-state index < -0.39 is 0 Å². The van der Waals surface area contributed by atoms with Gasteiger partial charge in [0.15, 0.2) is 0 Å². The summed E-state index contributed by atoms with van der Waals surface area (Å²) in [7, 11) is 3.48. The monoisotopic (exact) mass is 526 g/mol. The van der Waals surface area contributed by atoms with E-state index in [-0.39, 0.29) is 12.1 Å². The molecule has 0 aliphatic rings. The molecule has 5 rings (SSSR count). The van der Waals surface area contributed by atoms with Crippen LogP contribution in [0.3, 0.4) is 0 Å². The zero-order valence-corrected chi connectivity index (χ0v) is 22.5. The normalized spacial score (nSPS) is 10.4. The van der Waals surface area contributed by atoms with E-state index in [9.17, 15) is 9.59 Å². The number of carbonyl (C=O) groups is 2. The average molecular weight is 527 g/mol. The molecule has 0 saturated heterocycles. The second kappa shape index (κ2) is 12.0. The Kier molecular flexibility index (Phi) is 7.88. The summed E-state index contributed by atoms with van der Waals surface area (Å²) in [5.74, 6) is 0. The molecule has 5 aromatic rings. The molecule has 4 amide bonds. The van der Waals surface area contributed by atoms with Crippen molar-refractivity contribution in [3.8, 4) is 0 Å². The summed E-state index contributed by atoms with van der Waals surface area (Å²) in [5, 5.41) is 0. The lowest BCUT2D eigenvalue weighted by Gasteiger charge is -2.30. The van der Waals surface area contributed by atoms with E-state index in [0.717, 1.165) is 22.7 Å². The lowest BCUT2D eigenvalue weighted by atomic mass is 10.2. The maximum Gasteiger partial charge on any atom is 0.333 e. The Labute approximate surface area is 234 Å². The van der Waals surface area contributed by atoms with Crippen molar-refractivity contribution in [3.05, 3.63) is 146 Å². The predicted octanol–water partition coefficient (Wildman–Crippen LogP) is 8.48. The fraction of sp³-hybridized carbons (Fsp3) is 0.0588. The van der Waals surface area contributed by atoms with Gasteiger partial charge in [-0.25, -0.2) is 9.59 Å². The quantitative estimate of drug-likeness (QED) is 0.223. The third-order valence-corrected chi connectivity index (χ3v) is 6.62. The first-order valence-electron chi connectivity index (χ1n) is 13.0. The largest absolute Gasteiger partial charge is 0.333 e.